The quantitative estimate of drug-likeness (QED) is 0.587. The average molecular weight is 449 g/mol. The predicted molar refractivity (Wildman–Crippen MR) is 109 cm³/mol. The molecule has 0 unspecified atom stereocenters. The van der Waals surface area contributed by atoms with E-state index in [-0.39, 0.29) is 11.3 Å². The summed E-state index contributed by atoms with van der Waals surface area (Å²) >= 11 is 9.48. The number of rotatable bonds is 4. The Labute approximate surface area is 171 Å². The normalized spacial score (nSPS) is 16.4. The van der Waals surface area contributed by atoms with Crippen LogP contribution in [0.5, 0.6) is 0 Å². The number of fused-ring (bicyclic) bond motifs is 1. The van der Waals surface area contributed by atoms with Crippen molar-refractivity contribution in [3.05, 3.63) is 69.3 Å². The lowest BCUT2D eigenvalue weighted by atomic mass is 9.74. The Morgan fingerprint density at radius 2 is 1.85 bits per heavy atom. The molecule has 6 heteroatoms. The van der Waals surface area contributed by atoms with Crippen molar-refractivity contribution in [3.8, 4) is 0 Å². The van der Waals surface area contributed by atoms with E-state index in [1.165, 1.54) is 5.56 Å². The zero-order valence-electron chi connectivity index (χ0n) is 14.6. The molecule has 0 atom stereocenters. The smallest absolute Gasteiger partial charge is 0.287 e. The van der Waals surface area contributed by atoms with Crippen molar-refractivity contribution in [2.45, 2.75) is 18.3 Å². The lowest BCUT2D eigenvalue weighted by molar-refractivity contribution is 0.0485. The SMILES string of the molecule is O=C(NCC1(c2ccc(Cl)cc2)CCOCC1)c1cc2cc(Br)ccc2o1. The molecule has 4 rings (SSSR count). The van der Waals surface area contributed by atoms with Crippen molar-refractivity contribution in [1.82, 2.24) is 5.32 Å². The van der Waals surface area contributed by atoms with Gasteiger partial charge in [-0.3, -0.25) is 4.79 Å². The number of carbonyl (C=O) groups is 1. The minimum absolute atomic E-state index is 0.159. The fourth-order valence-corrected chi connectivity index (χ4v) is 4.10. The molecule has 0 saturated carbocycles. The van der Waals surface area contributed by atoms with Crippen LogP contribution in [0, 0.1) is 0 Å². The molecule has 3 aromatic rings. The fraction of sp³-hybridized carbons (Fsp3) is 0.286. The van der Waals surface area contributed by atoms with Crippen LogP contribution in [0.1, 0.15) is 29.0 Å². The van der Waals surface area contributed by atoms with Crippen molar-refractivity contribution >= 4 is 44.4 Å². The topological polar surface area (TPSA) is 51.5 Å². The van der Waals surface area contributed by atoms with Crippen LogP contribution in [0.2, 0.25) is 5.02 Å². The van der Waals surface area contributed by atoms with Crippen molar-refractivity contribution in [2.24, 2.45) is 0 Å². The lowest BCUT2D eigenvalue weighted by Gasteiger charge is -2.37. The second kappa shape index (κ2) is 7.66. The largest absolute Gasteiger partial charge is 0.451 e. The van der Waals surface area contributed by atoms with Gasteiger partial charge in [-0.05, 0) is 54.8 Å². The van der Waals surface area contributed by atoms with Crippen molar-refractivity contribution in [2.75, 3.05) is 19.8 Å². The maximum absolute atomic E-state index is 12.7. The molecule has 1 aliphatic rings. The summed E-state index contributed by atoms with van der Waals surface area (Å²) in [6.45, 7) is 1.88. The minimum Gasteiger partial charge on any atom is -0.451 e. The number of benzene rings is 2. The van der Waals surface area contributed by atoms with E-state index in [0.717, 1.165) is 22.7 Å². The molecular weight excluding hydrogens is 430 g/mol. The molecule has 0 aliphatic carbocycles. The average Bonchev–Trinajstić information content (AvgIpc) is 3.10. The molecule has 27 heavy (non-hydrogen) atoms. The van der Waals surface area contributed by atoms with Crippen LogP contribution >= 0.6 is 27.5 Å². The first-order chi connectivity index (χ1) is 13.1. The highest BCUT2D eigenvalue weighted by atomic mass is 79.9. The van der Waals surface area contributed by atoms with Crippen molar-refractivity contribution in [1.29, 1.82) is 0 Å². The van der Waals surface area contributed by atoms with Gasteiger partial charge in [0.2, 0.25) is 0 Å². The number of furan rings is 1. The molecule has 0 spiro atoms. The van der Waals surface area contributed by atoms with Crippen molar-refractivity contribution in [3.63, 3.8) is 0 Å². The number of halogens is 2. The zero-order valence-corrected chi connectivity index (χ0v) is 17.0. The molecule has 140 valence electrons. The number of ether oxygens (including phenoxy) is 1. The van der Waals surface area contributed by atoms with E-state index < -0.39 is 0 Å². The summed E-state index contributed by atoms with van der Waals surface area (Å²) in [5.74, 6) is 0.114. The highest BCUT2D eigenvalue weighted by molar-refractivity contribution is 9.10. The Balaban J connectivity index is 1.54. The Morgan fingerprint density at radius 3 is 2.59 bits per heavy atom. The highest BCUT2D eigenvalue weighted by Gasteiger charge is 2.35. The Bertz CT molecular complexity index is 961. The van der Waals surface area contributed by atoms with E-state index in [1.807, 2.05) is 42.5 Å². The van der Waals surface area contributed by atoms with E-state index in [2.05, 4.69) is 21.2 Å². The minimum atomic E-state index is -0.206. The van der Waals surface area contributed by atoms with Gasteiger partial charge in [-0.15, -0.1) is 0 Å². The molecule has 1 fully saturated rings. The first-order valence-electron chi connectivity index (χ1n) is 8.87. The predicted octanol–water partition coefficient (Wildman–Crippen LogP) is 5.33. The van der Waals surface area contributed by atoms with Crippen LogP contribution in [0.25, 0.3) is 11.0 Å². The molecule has 1 saturated heterocycles. The van der Waals surface area contributed by atoms with Gasteiger partial charge in [0, 0.05) is 40.1 Å². The lowest BCUT2D eigenvalue weighted by Crippen LogP contribution is -2.44. The van der Waals surface area contributed by atoms with Gasteiger partial charge in [-0.1, -0.05) is 39.7 Å². The molecular formula is C21H19BrClNO3. The molecule has 4 nitrogen and oxygen atoms in total. The third kappa shape index (κ3) is 3.91. The first-order valence-corrected chi connectivity index (χ1v) is 10.0. The van der Waals surface area contributed by atoms with E-state index in [1.54, 1.807) is 6.07 Å². The van der Waals surface area contributed by atoms with Gasteiger partial charge in [-0.25, -0.2) is 0 Å². The fourth-order valence-electron chi connectivity index (χ4n) is 3.60. The third-order valence-corrected chi connectivity index (χ3v) is 5.94. The molecule has 1 aliphatic heterocycles. The second-order valence-electron chi connectivity index (χ2n) is 6.88. The Hall–Kier alpha value is -1.82. The van der Waals surface area contributed by atoms with Crippen LogP contribution in [0.3, 0.4) is 0 Å². The molecule has 0 bridgehead atoms. The summed E-state index contributed by atoms with van der Waals surface area (Å²) in [7, 11) is 0. The summed E-state index contributed by atoms with van der Waals surface area (Å²) in [4.78, 5) is 12.7. The maximum Gasteiger partial charge on any atom is 0.287 e. The van der Waals surface area contributed by atoms with Crippen LogP contribution in [0.15, 0.2) is 57.4 Å². The molecule has 2 heterocycles. The van der Waals surface area contributed by atoms with Gasteiger partial charge < -0.3 is 14.5 Å². The van der Waals surface area contributed by atoms with Crippen LogP contribution in [-0.4, -0.2) is 25.7 Å². The van der Waals surface area contributed by atoms with E-state index in [0.29, 0.717) is 36.1 Å². The molecule has 1 aromatic heterocycles. The molecule has 1 amide bonds. The number of carbonyl (C=O) groups excluding carboxylic acids is 1. The van der Waals surface area contributed by atoms with Crippen LogP contribution in [0.4, 0.5) is 0 Å². The third-order valence-electron chi connectivity index (χ3n) is 5.20. The Kier molecular flexibility index (Phi) is 5.26. The van der Waals surface area contributed by atoms with Crippen LogP contribution < -0.4 is 5.32 Å². The first kappa shape index (κ1) is 18.5. The van der Waals surface area contributed by atoms with Gasteiger partial charge in [0.15, 0.2) is 5.76 Å². The summed E-state index contributed by atoms with van der Waals surface area (Å²) < 4.78 is 12.2. The van der Waals surface area contributed by atoms with Gasteiger partial charge in [0.25, 0.3) is 5.91 Å². The van der Waals surface area contributed by atoms with E-state index in [4.69, 9.17) is 20.8 Å². The summed E-state index contributed by atoms with van der Waals surface area (Å²) in [6, 6.07) is 15.3. The second-order valence-corrected chi connectivity index (χ2v) is 8.23. The number of amides is 1. The molecule has 0 radical (unpaired) electrons. The van der Waals surface area contributed by atoms with E-state index >= 15 is 0 Å². The van der Waals surface area contributed by atoms with Gasteiger partial charge in [0.1, 0.15) is 5.58 Å². The summed E-state index contributed by atoms with van der Waals surface area (Å²) in [5.41, 5.74) is 1.71. The summed E-state index contributed by atoms with van der Waals surface area (Å²) in [5, 5.41) is 4.67. The zero-order chi connectivity index (χ0) is 18.9. The monoisotopic (exact) mass is 447 g/mol. The number of hydrogen-bond donors (Lipinski definition) is 1. The molecule has 2 aromatic carbocycles. The van der Waals surface area contributed by atoms with Gasteiger partial charge in [0.05, 0.1) is 0 Å². The molecule has 1 N–H and O–H groups in total. The standard InChI is InChI=1S/C21H19BrClNO3/c22-16-3-6-18-14(11-16)12-19(27-18)20(25)24-13-21(7-9-26-10-8-21)15-1-4-17(23)5-2-15/h1-6,11-12H,7-10,13H2,(H,24,25). The van der Waals surface area contributed by atoms with Crippen LogP contribution in [-0.2, 0) is 10.2 Å². The Morgan fingerprint density at radius 1 is 1.11 bits per heavy atom. The highest BCUT2D eigenvalue weighted by Crippen LogP contribution is 2.35. The number of hydrogen-bond acceptors (Lipinski definition) is 3. The van der Waals surface area contributed by atoms with Crippen molar-refractivity contribution < 1.29 is 13.9 Å². The van der Waals surface area contributed by atoms with Gasteiger partial charge >= 0.3 is 0 Å². The number of nitrogens with one attached hydrogen (secondary N) is 1. The van der Waals surface area contributed by atoms with Gasteiger partial charge in [-0.2, -0.15) is 0 Å². The van der Waals surface area contributed by atoms with E-state index in [9.17, 15) is 4.79 Å². The maximum atomic E-state index is 12.7. The summed E-state index contributed by atoms with van der Waals surface area (Å²) in [6.07, 6.45) is 1.70.